The van der Waals surface area contributed by atoms with Crippen LogP contribution in [0.5, 0.6) is 5.75 Å². The van der Waals surface area contributed by atoms with Gasteiger partial charge in [-0.05, 0) is 26.0 Å². The van der Waals surface area contributed by atoms with E-state index in [1.807, 2.05) is 0 Å². The van der Waals surface area contributed by atoms with Gasteiger partial charge in [0.2, 0.25) is 5.75 Å². The lowest BCUT2D eigenvalue weighted by atomic mass is 10.2. The van der Waals surface area contributed by atoms with Crippen molar-refractivity contribution in [3.05, 3.63) is 46.0 Å². The minimum Gasteiger partial charge on any atom is -0.447 e. The fraction of sp³-hybridized carbons (Fsp3) is 0.214. The molecule has 116 valence electrons. The van der Waals surface area contributed by atoms with Crippen molar-refractivity contribution in [3.63, 3.8) is 0 Å². The molecule has 8 nitrogen and oxygen atoms in total. The lowest BCUT2D eigenvalue weighted by Gasteiger charge is -2.12. The predicted molar refractivity (Wildman–Crippen MR) is 74.5 cm³/mol. The highest BCUT2D eigenvalue weighted by Gasteiger charge is 2.24. The van der Waals surface area contributed by atoms with E-state index in [0.717, 1.165) is 12.1 Å². The zero-order valence-corrected chi connectivity index (χ0v) is 11.9. The second-order valence-corrected chi connectivity index (χ2v) is 4.35. The van der Waals surface area contributed by atoms with Crippen LogP contribution >= 0.6 is 0 Å². The number of nitrogens with zero attached hydrogens (tertiary/aromatic N) is 1. The third-order valence-corrected chi connectivity index (χ3v) is 2.49. The van der Waals surface area contributed by atoms with E-state index in [0.29, 0.717) is 6.29 Å². The Morgan fingerprint density at radius 1 is 1.41 bits per heavy atom. The summed E-state index contributed by atoms with van der Waals surface area (Å²) in [4.78, 5) is 43.8. The van der Waals surface area contributed by atoms with E-state index in [9.17, 15) is 24.5 Å². The van der Waals surface area contributed by atoms with Gasteiger partial charge in [-0.3, -0.25) is 14.9 Å². The Hall–Kier alpha value is -3.03. The fourth-order valence-electron chi connectivity index (χ4n) is 1.34. The molecular weight excluding hydrogens is 294 g/mol. The topological polar surface area (TPSA) is 113 Å². The molecule has 0 bridgehead atoms. The fourth-order valence-corrected chi connectivity index (χ4v) is 1.34. The maximum Gasteiger partial charge on any atom is 0.352 e. The van der Waals surface area contributed by atoms with Gasteiger partial charge >= 0.3 is 17.6 Å². The van der Waals surface area contributed by atoms with Crippen molar-refractivity contribution in [2.75, 3.05) is 0 Å². The first kappa shape index (κ1) is 17.0. The van der Waals surface area contributed by atoms with Crippen LogP contribution in [0, 0.1) is 10.1 Å². The molecule has 0 saturated heterocycles. The van der Waals surface area contributed by atoms with Gasteiger partial charge in [-0.25, -0.2) is 9.59 Å². The number of ether oxygens (including phenoxy) is 2. The Morgan fingerprint density at radius 3 is 2.55 bits per heavy atom. The third kappa shape index (κ3) is 4.23. The smallest absolute Gasteiger partial charge is 0.352 e. The molecular formula is C14H13NO7. The van der Waals surface area contributed by atoms with Gasteiger partial charge in [0.25, 0.3) is 0 Å². The Morgan fingerprint density at radius 2 is 2.05 bits per heavy atom. The number of carbonyl (C=O) groups excluding carboxylic acids is 3. The highest BCUT2D eigenvalue weighted by Crippen LogP contribution is 2.28. The van der Waals surface area contributed by atoms with Crippen molar-refractivity contribution in [2.24, 2.45) is 0 Å². The first-order valence-corrected chi connectivity index (χ1v) is 6.08. The van der Waals surface area contributed by atoms with E-state index in [2.05, 4.69) is 6.58 Å². The van der Waals surface area contributed by atoms with Crippen molar-refractivity contribution in [2.45, 2.75) is 20.0 Å². The summed E-state index contributed by atoms with van der Waals surface area (Å²) >= 11 is 0. The third-order valence-electron chi connectivity index (χ3n) is 2.49. The number of carbonyl (C=O) groups is 3. The van der Waals surface area contributed by atoms with E-state index in [1.165, 1.54) is 19.9 Å². The number of aldehydes is 1. The highest BCUT2D eigenvalue weighted by atomic mass is 16.6. The van der Waals surface area contributed by atoms with Crippen molar-refractivity contribution in [1.29, 1.82) is 0 Å². The highest BCUT2D eigenvalue weighted by molar-refractivity contribution is 5.90. The Kier molecular flexibility index (Phi) is 5.50. The Bertz CT molecular complexity index is 651. The van der Waals surface area contributed by atoms with E-state index in [4.69, 9.17) is 9.47 Å². The zero-order chi connectivity index (χ0) is 16.9. The molecule has 0 fully saturated rings. The minimum absolute atomic E-state index is 0.0632. The van der Waals surface area contributed by atoms with Crippen LogP contribution in [0.3, 0.4) is 0 Å². The lowest BCUT2D eigenvalue weighted by molar-refractivity contribution is -0.385. The van der Waals surface area contributed by atoms with Crippen LogP contribution in [-0.2, 0) is 14.3 Å². The van der Waals surface area contributed by atoms with Crippen molar-refractivity contribution in [1.82, 2.24) is 0 Å². The zero-order valence-electron chi connectivity index (χ0n) is 11.9. The van der Waals surface area contributed by atoms with Crippen LogP contribution in [0.25, 0.3) is 0 Å². The molecule has 1 aromatic carbocycles. The molecule has 0 spiro atoms. The second-order valence-electron chi connectivity index (χ2n) is 4.35. The molecule has 0 radical (unpaired) electrons. The lowest BCUT2D eigenvalue weighted by Crippen LogP contribution is -2.28. The predicted octanol–water partition coefficient (Wildman–Crippen LogP) is 1.82. The first-order chi connectivity index (χ1) is 10.3. The molecule has 22 heavy (non-hydrogen) atoms. The summed E-state index contributed by atoms with van der Waals surface area (Å²) in [6.45, 7) is 6.02. The van der Waals surface area contributed by atoms with E-state index in [1.54, 1.807) is 0 Å². The van der Waals surface area contributed by atoms with Gasteiger partial charge in [0.15, 0.2) is 6.10 Å². The number of hydrogen-bond donors (Lipinski definition) is 0. The average molecular weight is 307 g/mol. The van der Waals surface area contributed by atoms with Crippen LogP contribution in [0.15, 0.2) is 30.4 Å². The van der Waals surface area contributed by atoms with Crippen LogP contribution in [-0.4, -0.2) is 29.3 Å². The van der Waals surface area contributed by atoms with Gasteiger partial charge in [-0.15, -0.1) is 0 Å². The van der Waals surface area contributed by atoms with Crippen molar-refractivity contribution < 1.29 is 28.8 Å². The minimum atomic E-state index is -1.27. The normalized spacial score (nSPS) is 11.2. The van der Waals surface area contributed by atoms with E-state index in [-0.39, 0.29) is 16.9 Å². The molecule has 0 heterocycles. The number of nitro groups is 1. The van der Waals surface area contributed by atoms with Gasteiger partial charge in [-0.2, -0.15) is 0 Å². The number of benzene rings is 1. The molecule has 0 aliphatic heterocycles. The van der Waals surface area contributed by atoms with Crippen LogP contribution < -0.4 is 4.74 Å². The quantitative estimate of drug-likeness (QED) is 0.197. The van der Waals surface area contributed by atoms with Gasteiger partial charge in [0.1, 0.15) is 6.29 Å². The molecule has 0 saturated carbocycles. The molecule has 1 unspecified atom stereocenters. The van der Waals surface area contributed by atoms with Crippen LogP contribution in [0.2, 0.25) is 0 Å². The molecule has 0 aliphatic rings. The van der Waals surface area contributed by atoms with Crippen LogP contribution in [0.4, 0.5) is 5.69 Å². The monoisotopic (exact) mass is 307 g/mol. The van der Waals surface area contributed by atoms with Gasteiger partial charge < -0.3 is 9.47 Å². The van der Waals surface area contributed by atoms with Crippen molar-refractivity contribution in [3.8, 4) is 5.75 Å². The molecule has 1 rings (SSSR count). The van der Waals surface area contributed by atoms with E-state index >= 15 is 0 Å². The number of hydrogen-bond acceptors (Lipinski definition) is 7. The summed E-state index contributed by atoms with van der Waals surface area (Å²) in [5, 5.41) is 10.9. The number of esters is 2. The second kappa shape index (κ2) is 7.11. The molecule has 1 atom stereocenters. The summed E-state index contributed by atoms with van der Waals surface area (Å²) in [6.07, 6.45) is -0.842. The number of rotatable bonds is 6. The summed E-state index contributed by atoms with van der Waals surface area (Å²) < 4.78 is 9.60. The maximum atomic E-state index is 11.8. The molecule has 8 heteroatoms. The van der Waals surface area contributed by atoms with E-state index < -0.39 is 28.7 Å². The summed E-state index contributed by atoms with van der Waals surface area (Å²) in [5.41, 5.74) is -0.384. The molecule has 0 aliphatic carbocycles. The van der Waals surface area contributed by atoms with Gasteiger partial charge in [-0.1, -0.05) is 6.58 Å². The van der Waals surface area contributed by atoms with Gasteiger partial charge in [0, 0.05) is 17.2 Å². The first-order valence-electron chi connectivity index (χ1n) is 6.08. The van der Waals surface area contributed by atoms with Crippen molar-refractivity contribution >= 4 is 23.9 Å². The Balaban J connectivity index is 2.92. The molecule has 0 N–H and O–H groups in total. The van der Waals surface area contributed by atoms with Gasteiger partial charge in [0.05, 0.1) is 4.92 Å². The molecule has 0 aromatic heterocycles. The SMILES string of the molecule is C=C(C)C(=O)OC(C)C(=O)Oc1ccc(C=O)cc1[N+](=O)[O-]. The summed E-state index contributed by atoms with van der Waals surface area (Å²) in [7, 11) is 0. The standard InChI is InChI=1S/C14H13NO7/c1-8(2)13(17)21-9(3)14(18)22-12-5-4-10(7-16)6-11(12)15(19)20/h4-7,9H,1H2,2-3H3. The maximum absolute atomic E-state index is 11.8. The number of nitro benzene ring substituents is 1. The summed E-state index contributed by atoms with van der Waals surface area (Å²) in [6, 6.07) is 3.35. The Labute approximate surface area is 125 Å². The molecule has 1 aromatic rings. The average Bonchev–Trinajstić information content (AvgIpc) is 2.46. The largest absolute Gasteiger partial charge is 0.447 e. The van der Waals surface area contributed by atoms with Crippen LogP contribution in [0.1, 0.15) is 24.2 Å². The molecule has 0 amide bonds. The summed E-state index contributed by atoms with van der Waals surface area (Å²) in [5.74, 6) is -2.12.